The molecule has 2 heterocycles. The fourth-order valence-corrected chi connectivity index (χ4v) is 9.19. The van der Waals surface area contributed by atoms with Gasteiger partial charge in [0.1, 0.15) is 6.10 Å². The number of likely N-dealkylation sites (tertiary alicyclic amines) is 1. The molecule has 2 bridgehead atoms. The molecule has 0 unspecified atom stereocenters. The molecule has 5 aliphatic rings. The van der Waals surface area contributed by atoms with Gasteiger partial charge >= 0.3 is 6.18 Å². The highest BCUT2D eigenvalue weighted by atomic mass is 19.4. The maximum atomic E-state index is 14.2. The van der Waals surface area contributed by atoms with Crippen molar-refractivity contribution >= 4 is 12.0 Å². The van der Waals surface area contributed by atoms with Gasteiger partial charge in [0, 0.05) is 30.8 Å². The van der Waals surface area contributed by atoms with Crippen molar-refractivity contribution in [1.82, 2.24) is 9.80 Å². The summed E-state index contributed by atoms with van der Waals surface area (Å²) in [6.45, 7) is 2.14. The van der Waals surface area contributed by atoms with Crippen LogP contribution >= 0.6 is 0 Å². The van der Waals surface area contributed by atoms with Crippen molar-refractivity contribution in [2.24, 2.45) is 5.92 Å². The summed E-state index contributed by atoms with van der Waals surface area (Å²) in [5, 5.41) is 23.9. The summed E-state index contributed by atoms with van der Waals surface area (Å²) in [6.07, 6.45) is 3.05. The van der Waals surface area contributed by atoms with Crippen molar-refractivity contribution in [3.8, 4) is 11.5 Å². The number of carbonyl (C=O) groups is 1. The SMILES string of the molecule is O=C(C=Cc1cccc(C(F)(F)F)c1)N(CCc1ccccc1)[C@@H]1CC[C@@]2(O)[C@H]3Cc4ccc(O)c5c4[C@@]2(CCN3CC2CC2)[C@H]1O5. The number of alkyl halides is 3. The van der Waals surface area contributed by atoms with Gasteiger partial charge in [0.15, 0.2) is 11.5 Å². The van der Waals surface area contributed by atoms with Gasteiger partial charge in [-0.3, -0.25) is 9.69 Å². The van der Waals surface area contributed by atoms with Crippen molar-refractivity contribution < 1.29 is 32.9 Å². The molecular formula is C38H39F3N2O4. The average Bonchev–Trinajstić information content (AvgIpc) is 3.80. The molecule has 0 aromatic heterocycles. The van der Waals surface area contributed by atoms with Crippen LogP contribution in [0.4, 0.5) is 13.2 Å². The maximum absolute atomic E-state index is 14.2. The van der Waals surface area contributed by atoms with Gasteiger partial charge in [-0.15, -0.1) is 0 Å². The van der Waals surface area contributed by atoms with Crippen LogP contribution in [0.5, 0.6) is 11.5 Å². The van der Waals surface area contributed by atoms with Crippen LogP contribution in [0, 0.1) is 5.92 Å². The van der Waals surface area contributed by atoms with Crippen LogP contribution < -0.4 is 4.74 Å². The van der Waals surface area contributed by atoms with Crippen molar-refractivity contribution in [3.05, 3.63) is 101 Å². The Kier molecular flexibility index (Phi) is 7.22. The van der Waals surface area contributed by atoms with E-state index < -0.39 is 34.9 Å². The van der Waals surface area contributed by atoms with Crippen molar-refractivity contribution in [1.29, 1.82) is 0 Å². The molecule has 1 spiro atoms. The summed E-state index contributed by atoms with van der Waals surface area (Å²) < 4.78 is 46.9. The van der Waals surface area contributed by atoms with E-state index in [2.05, 4.69) is 4.90 Å². The van der Waals surface area contributed by atoms with E-state index in [0.29, 0.717) is 50.3 Å². The molecule has 246 valence electrons. The van der Waals surface area contributed by atoms with E-state index in [9.17, 15) is 28.2 Å². The first kappa shape index (κ1) is 30.5. The first-order valence-electron chi connectivity index (χ1n) is 16.8. The standard InChI is InChI=1S/C38H39F3N2O4/c39-38(40,41)28-8-4-7-25(21-28)11-14-32(45)43(19-16-24-5-2-1-3-6-24)29-15-17-37(46)31-22-27-12-13-30(44)34-33(27)36(37,35(29)47-34)18-20-42(31)23-26-9-10-26/h1-8,11-14,21,26,29,31,35,44,46H,9-10,15-20,22-23H2/t29-,31-,35+,36+,37-/m1/s1. The summed E-state index contributed by atoms with van der Waals surface area (Å²) in [6, 6.07) is 17.9. The number of carbonyl (C=O) groups excluding carboxylic acids is 1. The predicted molar refractivity (Wildman–Crippen MR) is 171 cm³/mol. The highest BCUT2D eigenvalue weighted by Gasteiger charge is 2.73. The molecule has 1 saturated heterocycles. The molecule has 1 amide bonds. The minimum Gasteiger partial charge on any atom is -0.504 e. The maximum Gasteiger partial charge on any atom is 0.416 e. The van der Waals surface area contributed by atoms with Gasteiger partial charge in [0.2, 0.25) is 5.91 Å². The van der Waals surface area contributed by atoms with Crippen LogP contribution in [0.1, 0.15) is 59.9 Å². The van der Waals surface area contributed by atoms with Crippen molar-refractivity contribution in [3.63, 3.8) is 0 Å². The fourth-order valence-electron chi connectivity index (χ4n) is 9.19. The van der Waals surface area contributed by atoms with Crippen molar-refractivity contribution in [2.75, 3.05) is 19.6 Å². The Bertz CT molecular complexity index is 1720. The van der Waals surface area contributed by atoms with Crippen LogP contribution in [0.2, 0.25) is 0 Å². The molecular weight excluding hydrogens is 605 g/mol. The number of phenols is 1. The molecule has 5 atom stereocenters. The lowest BCUT2D eigenvalue weighted by molar-refractivity contribution is -0.201. The number of hydrogen-bond acceptors (Lipinski definition) is 5. The number of piperidine rings is 1. The van der Waals surface area contributed by atoms with Gasteiger partial charge in [-0.05, 0) is 98.4 Å². The molecule has 3 fully saturated rings. The Hall–Kier alpha value is -3.82. The topological polar surface area (TPSA) is 73.2 Å². The number of ether oxygens (including phenoxy) is 1. The molecule has 47 heavy (non-hydrogen) atoms. The molecule has 9 heteroatoms. The molecule has 3 aliphatic carbocycles. The van der Waals surface area contributed by atoms with E-state index in [-0.39, 0.29) is 23.3 Å². The van der Waals surface area contributed by atoms with E-state index in [0.717, 1.165) is 41.9 Å². The second kappa shape index (κ2) is 11.1. The van der Waals surface area contributed by atoms with E-state index in [1.54, 1.807) is 17.0 Å². The highest BCUT2D eigenvalue weighted by Crippen LogP contribution is 2.66. The predicted octanol–water partition coefficient (Wildman–Crippen LogP) is 6.13. The minimum atomic E-state index is -4.49. The summed E-state index contributed by atoms with van der Waals surface area (Å²) in [5.41, 5.74) is 0.665. The zero-order chi connectivity index (χ0) is 32.6. The second-order valence-electron chi connectivity index (χ2n) is 14.1. The largest absolute Gasteiger partial charge is 0.504 e. The van der Waals surface area contributed by atoms with E-state index in [1.165, 1.54) is 31.1 Å². The third kappa shape index (κ3) is 4.96. The smallest absolute Gasteiger partial charge is 0.416 e. The fraction of sp³-hybridized carbons (Fsp3) is 0.447. The lowest BCUT2D eigenvalue weighted by Gasteiger charge is -2.65. The molecule has 3 aromatic carbocycles. The zero-order valence-electron chi connectivity index (χ0n) is 26.1. The Morgan fingerprint density at radius 2 is 1.85 bits per heavy atom. The van der Waals surface area contributed by atoms with Crippen molar-refractivity contribution in [2.45, 2.75) is 80.3 Å². The summed E-state index contributed by atoms with van der Waals surface area (Å²) >= 11 is 0. The number of benzene rings is 3. The number of rotatable bonds is 8. The van der Waals surface area contributed by atoms with Crippen LogP contribution in [0.15, 0.2) is 72.8 Å². The lowest BCUT2D eigenvalue weighted by atomic mass is 9.48. The molecule has 6 nitrogen and oxygen atoms in total. The van der Waals surface area contributed by atoms with Gasteiger partial charge in [-0.1, -0.05) is 48.5 Å². The van der Waals surface area contributed by atoms with Gasteiger partial charge < -0.3 is 19.8 Å². The van der Waals surface area contributed by atoms with Gasteiger partial charge in [-0.2, -0.15) is 13.2 Å². The summed E-state index contributed by atoms with van der Waals surface area (Å²) in [4.78, 5) is 18.4. The van der Waals surface area contributed by atoms with Gasteiger partial charge in [0.05, 0.1) is 22.6 Å². The third-order valence-electron chi connectivity index (χ3n) is 11.5. The first-order valence-corrected chi connectivity index (χ1v) is 16.8. The molecule has 2 saturated carbocycles. The number of aromatic hydroxyl groups is 1. The van der Waals surface area contributed by atoms with E-state index >= 15 is 0 Å². The van der Waals surface area contributed by atoms with Crippen LogP contribution in [-0.4, -0.2) is 69.3 Å². The Labute approximate surface area is 272 Å². The molecule has 2 aliphatic heterocycles. The number of aliphatic hydroxyl groups is 1. The Balaban J connectivity index is 1.17. The van der Waals surface area contributed by atoms with Crippen LogP contribution in [-0.2, 0) is 29.2 Å². The quantitative estimate of drug-likeness (QED) is 0.289. The molecule has 0 radical (unpaired) electrons. The number of nitrogens with zero attached hydrogens (tertiary/aromatic N) is 2. The molecule has 2 N–H and O–H groups in total. The number of hydrogen-bond donors (Lipinski definition) is 2. The van der Waals surface area contributed by atoms with Crippen LogP contribution in [0.3, 0.4) is 0 Å². The lowest BCUT2D eigenvalue weighted by Crippen LogP contribution is -2.78. The number of amides is 1. The summed E-state index contributed by atoms with van der Waals surface area (Å²) in [5.74, 6) is 0.805. The molecule has 3 aromatic rings. The zero-order valence-corrected chi connectivity index (χ0v) is 26.1. The Morgan fingerprint density at radius 3 is 2.62 bits per heavy atom. The summed E-state index contributed by atoms with van der Waals surface area (Å²) in [7, 11) is 0. The minimum absolute atomic E-state index is 0.0408. The van der Waals surface area contributed by atoms with E-state index in [1.807, 2.05) is 36.4 Å². The second-order valence-corrected chi connectivity index (χ2v) is 14.1. The average molecular weight is 645 g/mol. The number of halogens is 3. The van der Waals surface area contributed by atoms with Crippen LogP contribution in [0.25, 0.3) is 6.08 Å². The Morgan fingerprint density at radius 1 is 1.04 bits per heavy atom. The monoisotopic (exact) mass is 644 g/mol. The van der Waals surface area contributed by atoms with Gasteiger partial charge in [0.25, 0.3) is 0 Å². The van der Waals surface area contributed by atoms with E-state index in [4.69, 9.17) is 4.74 Å². The number of phenolic OH excluding ortho intramolecular Hbond substituents is 1. The highest BCUT2D eigenvalue weighted by molar-refractivity contribution is 5.92. The first-order chi connectivity index (χ1) is 22.6. The molecule has 8 rings (SSSR count). The van der Waals surface area contributed by atoms with Gasteiger partial charge in [-0.25, -0.2) is 0 Å². The third-order valence-corrected chi connectivity index (χ3v) is 11.5. The normalized spacial score (nSPS) is 29.4.